The minimum absolute atomic E-state index is 0.147. The zero-order valence-corrected chi connectivity index (χ0v) is 12.1. The smallest absolute Gasteiger partial charge is 0.299 e. The first-order valence-corrected chi connectivity index (χ1v) is 7.49. The molecule has 0 N–H and O–H groups in total. The molecular weight excluding hydrogens is 280 g/mol. The van der Waals surface area contributed by atoms with Crippen molar-refractivity contribution in [3.63, 3.8) is 0 Å². The van der Waals surface area contributed by atoms with Gasteiger partial charge in [-0.15, -0.1) is 0 Å². The fraction of sp³-hybridized carbons (Fsp3) is 0.353. The van der Waals surface area contributed by atoms with Crippen molar-refractivity contribution in [3.05, 3.63) is 58.4 Å². The van der Waals surface area contributed by atoms with E-state index in [1.54, 1.807) is 12.3 Å². The summed E-state index contributed by atoms with van der Waals surface area (Å²) in [6.45, 7) is 1.35. The van der Waals surface area contributed by atoms with Crippen molar-refractivity contribution < 1.29 is 9.66 Å². The highest BCUT2D eigenvalue weighted by Crippen LogP contribution is 2.60. The minimum Gasteiger partial charge on any atom is -0.381 e. The maximum absolute atomic E-state index is 11.8. The van der Waals surface area contributed by atoms with E-state index in [1.807, 2.05) is 30.3 Å². The van der Waals surface area contributed by atoms with E-state index < -0.39 is 0 Å². The van der Waals surface area contributed by atoms with Crippen molar-refractivity contribution in [2.24, 2.45) is 5.92 Å². The van der Waals surface area contributed by atoms with Crippen molar-refractivity contribution in [1.29, 1.82) is 0 Å². The molecule has 2 heterocycles. The zero-order valence-electron chi connectivity index (χ0n) is 12.1. The summed E-state index contributed by atoms with van der Waals surface area (Å²) in [6.07, 6.45) is 3.47. The maximum Gasteiger partial charge on any atom is 0.299 e. The first-order valence-electron chi connectivity index (χ1n) is 7.49. The number of hydrogen-bond acceptors (Lipinski definition) is 4. The molecule has 5 heteroatoms. The number of aromatic nitrogens is 1. The quantitative estimate of drug-likeness (QED) is 0.643. The van der Waals surface area contributed by atoms with E-state index in [2.05, 4.69) is 4.98 Å². The van der Waals surface area contributed by atoms with E-state index >= 15 is 0 Å². The molecule has 2 fully saturated rings. The SMILES string of the molecule is O=[N+]([O-])c1c(-c2ccccc2)ccnc1C12CCOCC1C2. The average molecular weight is 296 g/mol. The van der Waals surface area contributed by atoms with Gasteiger partial charge in [-0.05, 0) is 30.4 Å². The Hall–Kier alpha value is -2.27. The summed E-state index contributed by atoms with van der Waals surface area (Å²) in [6, 6.07) is 11.2. The molecule has 2 unspecified atom stereocenters. The van der Waals surface area contributed by atoms with E-state index in [0.717, 1.165) is 18.4 Å². The molecule has 1 aromatic carbocycles. The van der Waals surface area contributed by atoms with Crippen molar-refractivity contribution in [2.75, 3.05) is 13.2 Å². The maximum atomic E-state index is 11.8. The Labute approximate surface area is 128 Å². The third kappa shape index (κ3) is 1.93. The lowest BCUT2D eigenvalue weighted by Gasteiger charge is -2.22. The van der Waals surface area contributed by atoms with Crippen molar-refractivity contribution in [2.45, 2.75) is 18.3 Å². The summed E-state index contributed by atoms with van der Waals surface area (Å²) >= 11 is 0. The summed E-state index contributed by atoms with van der Waals surface area (Å²) < 4.78 is 5.49. The van der Waals surface area contributed by atoms with Crippen LogP contribution in [0.5, 0.6) is 0 Å². The number of nitrogens with zero attached hydrogens (tertiary/aromatic N) is 2. The second kappa shape index (κ2) is 4.88. The van der Waals surface area contributed by atoms with E-state index in [4.69, 9.17) is 4.74 Å². The molecule has 2 aliphatic rings. The molecule has 22 heavy (non-hydrogen) atoms. The number of nitro groups is 1. The molecule has 1 saturated carbocycles. The van der Waals surface area contributed by atoms with Gasteiger partial charge >= 0.3 is 0 Å². The van der Waals surface area contributed by atoms with Gasteiger partial charge in [0.15, 0.2) is 0 Å². The Kier molecular flexibility index (Phi) is 2.97. The largest absolute Gasteiger partial charge is 0.381 e. The molecule has 0 spiro atoms. The molecule has 1 aromatic heterocycles. The van der Waals surface area contributed by atoms with Crippen LogP contribution in [0.15, 0.2) is 42.6 Å². The van der Waals surface area contributed by atoms with Gasteiger partial charge in [0, 0.05) is 18.2 Å². The van der Waals surface area contributed by atoms with Gasteiger partial charge in [0.2, 0.25) is 0 Å². The van der Waals surface area contributed by atoms with Gasteiger partial charge < -0.3 is 4.74 Å². The monoisotopic (exact) mass is 296 g/mol. The molecular formula is C17H16N2O3. The second-order valence-corrected chi connectivity index (χ2v) is 6.06. The number of hydrogen-bond donors (Lipinski definition) is 0. The van der Waals surface area contributed by atoms with Crippen LogP contribution in [0, 0.1) is 16.0 Å². The second-order valence-electron chi connectivity index (χ2n) is 6.06. The van der Waals surface area contributed by atoms with Crippen LogP contribution in [0.25, 0.3) is 11.1 Å². The van der Waals surface area contributed by atoms with Gasteiger partial charge in [-0.3, -0.25) is 15.1 Å². The fourth-order valence-corrected chi connectivity index (χ4v) is 3.65. The predicted molar refractivity (Wildman–Crippen MR) is 81.5 cm³/mol. The van der Waals surface area contributed by atoms with E-state index in [9.17, 15) is 10.1 Å². The van der Waals surface area contributed by atoms with E-state index in [0.29, 0.717) is 30.4 Å². The summed E-state index contributed by atoms with van der Waals surface area (Å²) in [4.78, 5) is 15.9. The number of ether oxygens (including phenoxy) is 1. The van der Waals surface area contributed by atoms with Crippen LogP contribution in [0.1, 0.15) is 18.5 Å². The van der Waals surface area contributed by atoms with Crippen molar-refractivity contribution in [1.82, 2.24) is 4.98 Å². The van der Waals surface area contributed by atoms with Crippen LogP contribution >= 0.6 is 0 Å². The van der Waals surface area contributed by atoms with Gasteiger partial charge in [0.25, 0.3) is 5.69 Å². The van der Waals surface area contributed by atoms with Crippen LogP contribution in [0.2, 0.25) is 0 Å². The molecule has 4 rings (SSSR count). The lowest BCUT2D eigenvalue weighted by atomic mass is 9.90. The highest BCUT2D eigenvalue weighted by molar-refractivity contribution is 5.75. The number of benzene rings is 1. The van der Waals surface area contributed by atoms with E-state index in [1.165, 1.54) is 0 Å². The molecule has 1 saturated heterocycles. The Balaban J connectivity index is 1.88. The summed E-state index contributed by atoms with van der Waals surface area (Å²) in [5.41, 5.74) is 2.18. The molecule has 112 valence electrons. The van der Waals surface area contributed by atoms with E-state index in [-0.39, 0.29) is 16.0 Å². The Morgan fingerprint density at radius 1 is 1.27 bits per heavy atom. The normalized spacial score (nSPS) is 26.3. The highest BCUT2D eigenvalue weighted by Gasteiger charge is 2.60. The van der Waals surface area contributed by atoms with Crippen molar-refractivity contribution in [3.8, 4) is 11.1 Å². The van der Waals surface area contributed by atoms with Crippen LogP contribution in [-0.2, 0) is 10.2 Å². The summed E-state index contributed by atoms with van der Waals surface area (Å²) in [5, 5.41) is 11.8. The van der Waals surface area contributed by atoms with Gasteiger partial charge in [-0.1, -0.05) is 30.3 Å². The van der Waals surface area contributed by atoms with Gasteiger partial charge in [0.1, 0.15) is 5.69 Å². The molecule has 2 atom stereocenters. The predicted octanol–water partition coefficient (Wildman–Crippen LogP) is 3.33. The molecule has 0 bridgehead atoms. The fourth-order valence-electron chi connectivity index (χ4n) is 3.65. The number of rotatable bonds is 3. The van der Waals surface area contributed by atoms with Gasteiger partial charge in [-0.2, -0.15) is 0 Å². The lowest BCUT2D eigenvalue weighted by molar-refractivity contribution is -0.385. The van der Waals surface area contributed by atoms with Gasteiger partial charge in [0.05, 0.1) is 17.1 Å². The molecule has 0 radical (unpaired) electrons. The topological polar surface area (TPSA) is 65.3 Å². The molecule has 1 aliphatic carbocycles. The first kappa shape index (κ1) is 13.4. The molecule has 1 aliphatic heterocycles. The molecule has 0 amide bonds. The van der Waals surface area contributed by atoms with Crippen LogP contribution in [0.4, 0.5) is 5.69 Å². The van der Waals surface area contributed by atoms with Crippen LogP contribution < -0.4 is 0 Å². The zero-order chi connectivity index (χ0) is 15.2. The summed E-state index contributed by atoms with van der Waals surface area (Å²) in [7, 11) is 0. The Bertz CT molecular complexity index is 732. The third-order valence-corrected chi connectivity index (χ3v) is 4.91. The molecule has 2 aromatic rings. The third-order valence-electron chi connectivity index (χ3n) is 4.91. The number of pyridine rings is 1. The lowest BCUT2D eigenvalue weighted by Crippen LogP contribution is -2.24. The standard InChI is InChI=1S/C17H16N2O3/c20-19(21)15-14(12-4-2-1-3-5-12)6-8-18-16(15)17-7-9-22-11-13(17)10-17/h1-6,8,13H,7,9-11H2. The van der Waals surface area contributed by atoms with Crippen molar-refractivity contribution >= 4 is 5.69 Å². The Morgan fingerprint density at radius 3 is 2.82 bits per heavy atom. The molecule has 5 nitrogen and oxygen atoms in total. The summed E-state index contributed by atoms with van der Waals surface area (Å²) in [5.74, 6) is 0.374. The number of fused-ring (bicyclic) bond motifs is 1. The van der Waals surface area contributed by atoms with Crippen LogP contribution in [-0.4, -0.2) is 23.1 Å². The van der Waals surface area contributed by atoms with Gasteiger partial charge in [-0.25, -0.2) is 0 Å². The van der Waals surface area contributed by atoms with Crippen LogP contribution in [0.3, 0.4) is 0 Å². The first-order chi connectivity index (χ1) is 10.7. The minimum atomic E-state index is -0.274. The Morgan fingerprint density at radius 2 is 2.09 bits per heavy atom. The average Bonchev–Trinajstić information content (AvgIpc) is 3.31. The highest BCUT2D eigenvalue weighted by atomic mass is 16.6.